The average Bonchev–Trinajstić information content (AvgIpc) is 2.49. The first-order chi connectivity index (χ1) is 10.1. The van der Waals surface area contributed by atoms with Crippen molar-refractivity contribution in [1.82, 2.24) is 0 Å². The van der Waals surface area contributed by atoms with Gasteiger partial charge in [0.2, 0.25) is 5.91 Å². The molecule has 4 nitrogen and oxygen atoms in total. The van der Waals surface area contributed by atoms with Crippen molar-refractivity contribution >= 4 is 29.0 Å². The van der Waals surface area contributed by atoms with Gasteiger partial charge in [-0.05, 0) is 23.8 Å². The summed E-state index contributed by atoms with van der Waals surface area (Å²) < 4.78 is 0. The molecule has 0 radical (unpaired) electrons. The summed E-state index contributed by atoms with van der Waals surface area (Å²) in [6.45, 7) is -0.559. The van der Waals surface area contributed by atoms with Crippen LogP contribution in [0.3, 0.4) is 0 Å². The maximum Gasteiger partial charge on any atom is 0.228 e. The summed E-state index contributed by atoms with van der Waals surface area (Å²) in [4.78, 5) is 23.4. The van der Waals surface area contributed by atoms with Crippen LogP contribution in [0, 0.1) is 0 Å². The van der Waals surface area contributed by atoms with Crippen LogP contribution in [0.25, 0.3) is 0 Å². The van der Waals surface area contributed by atoms with E-state index in [9.17, 15) is 9.59 Å². The molecule has 0 unspecified atom stereocenters. The lowest BCUT2D eigenvalue weighted by molar-refractivity contribution is -0.115. The van der Waals surface area contributed by atoms with Gasteiger partial charge in [-0.15, -0.1) is 0 Å². The summed E-state index contributed by atoms with van der Waals surface area (Å²) in [5, 5.41) is 12.1. The molecule has 2 aromatic rings. The third-order valence-corrected chi connectivity index (χ3v) is 3.29. The van der Waals surface area contributed by atoms with E-state index in [1.165, 1.54) is 6.07 Å². The Labute approximate surface area is 127 Å². The Bertz CT molecular complexity index is 670. The predicted molar refractivity (Wildman–Crippen MR) is 81.6 cm³/mol. The highest BCUT2D eigenvalue weighted by Crippen LogP contribution is 2.17. The highest BCUT2D eigenvalue weighted by atomic mass is 35.5. The molecular formula is C16H14ClNO3. The number of rotatable bonds is 5. The van der Waals surface area contributed by atoms with Gasteiger partial charge in [0.15, 0.2) is 5.78 Å². The summed E-state index contributed by atoms with van der Waals surface area (Å²) >= 11 is 6.00. The van der Waals surface area contributed by atoms with Gasteiger partial charge in [0.1, 0.15) is 6.61 Å². The van der Waals surface area contributed by atoms with Gasteiger partial charge in [-0.2, -0.15) is 0 Å². The number of aliphatic hydroxyl groups is 1. The minimum Gasteiger partial charge on any atom is -0.388 e. The number of aliphatic hydroxyl groups excluding tert-OH is 1. The number of Topliss-reactive ketones (excluding diaryl/α,β-unsaturated/α-hetero) is 1. The molecule has 21 heavy (non-hydrogen) atoms. The zero-order valence-corrected chi connectivity index (χ0v) is 11.9. The van der Waals surface area contributed by atoms with Crippen molar-refractivity contribution in [2.45, 2.75) is 6.42 Å². The Morgan fingerprint density at radius 2 is 1.86 bits per heavy atom. The van der Waals surface area contributed by atoms with Crippen LogP contribution >= 0.6 is 11.6 Å². The van der Waals surface area contributed by atoms with Crippen molar-refractivity contribution in [1.29, 1.82) is 0 Å². The molecule has 0 spiro atoms. The minimum absolute atomic E-state index is 0.151. The first-order valence-corrected chi connectivity index (χ1v) is 6.75. The van der Waals surface area contributed by atoms with E-state index in [2.05, 4.69) is 5.32 Å². The second-order valence-electron chi connectivity index (χ2n) is 4.48. The average molecular weight is 304 g/mol. The molecule has 5 heteroatoms. The summed E-state index contributed by atoms with van der Waals surface area (Å²) in [6.07, 6.45) is 0.151. The maximum atomic E-state index is 12.0. The van der Waals surface area contributed by atoms with Crippen molar-refractivity contribution in [2.24, 2.45) is 0 Å². The third-order valence-electron chi connectivity index (χ3n) is 2.92. The molecule has 2 aromatic carbocycles. The summed E-state index contributed by atoms with van der Waals surface area (Å²) in [6, 6.07) is 13.6. The van der Waals surface area contributed by atoms with Crippen LogP contribution in [0.4, 0.5) is 5.69 Å². The van der Waals surface area contributed by atoms with Gasteiger partial charge in [-0.25, -0.2) is 0 Å². The lowest BCUT2D eigenvalue weighted by Gasteiger charge is -2.07. The monoisotopic (exact) mass is 303 g/mol. The molecule has 0 saturated heterocycles. The lowest BCUT2D eigenvalue weighted by Crippen LogP contribution is -2.15. The second kappa shape index (κ2) is 7.02. The Kier molecular flexibility index (Phi) is 5.09. The van der Waals surface area contributed by atoms with E-state index < -0.39 is 12.4 Å². The van der Waals surface area contributed by atoms with E-state index in [4.69, 9.17) is 16.7 Å². The normalized spacial score (nSPS) is 10.2. The van der Waals surface area contributed by atoms with Crippen LogP contribution in [0.1, 0.15) is 15.9 Å². The number of benzene rings is 2. The molecule has 2 rings (SSSR count). The van der Waals surface area contributed by atoms with Crippen molar-refractivity contribution < 1.29 is 14.7 Å². The molecule has 1 amide bonds. The van der Waals surface area contributed by atoms with Gasteiger partial charge >= 0.3 is 0 Å². The smallest absolute Gasteiger partial charge is 0.228 e. The molecule has 0 atom stereocenters. The number of ketones is 1. The molecule has 0 heterocycles. The fourth-order valence-electron chi connectivity index (χ4n) is 1.88. The maximum absolute atomic E-state index is 12.0. The van der Waals surface area contributed by atoms with Gasteiger partial charge in [0.05, 0.1) is 6.42 Å². The van der Waals surface area contributed by atoms with E-state index in [1.807, 2.05) is 6.07 Å². The van der Waals surface area contributed by atoms with Crippen LogP contribution < -0.4 is 5.32 Å². The summed E-state index contributed by atoms with van der Waals surface area (Å²) in [5.41, 5.74) is 1.60. The Morgan fingerprint density at radius 3 is 2.57 bits per heavy atom. The fraction of sp³-hybridized carbons (Fsp3) is 0.125. The molecule has 0 saturated carbocycles. The number of halogens is 1. The van der Waals surface area contributed by atoms with Gasteiger partial charge in [-0.3, -0.25) is 9.59 Å². The van der Waals surface area contributed by atoms with Gasteiger partial charge in [0, 0.05) is 16.3 Å². The Hall–Kier alpha value is -2.17. The van der Waals surface area contributed by atoms with Gasteiger partial charge in [0.25, 0.3) is 0 Å². The largest absolute Gasteiger partial charge is 0.388 e. The number of hydrogen-bond acceptors (Lipinski definition) is 3. The van der Waals surface area contributed by atoms with E-state index in [1.54, 1.807) is 36.4 Å². The molecule has 0 aliphatic carbocycles. The number of hydrogen-bond donors (Lipinski definition) is 2. The number of anilines is 1. The van der Waals surface area contributed by atoms with Crippen molar-refractivity contribution in [2.75, 3.05) is 11.9 Å². The van der Waals surface area contributed by atoms with Crippen molar-refractivity contribution in [3.05, 3.63) is 64.7 Å². The number of amides is 1. The molecule has 2 N–H and O–H groups in total. The standard InChI is InChI=1S/C16H14ClNO3/c17-14-7-2-1-4-11(14)9-16(21)18-13-6-3-5-12(8-13)15(20)10-19/h1-8,19H,9-10H2,(H,18,21). The number of nitrogens with one attached hydrogen (secondary N) is 1. The summed E-state index contributed by atoms with van der Waals surface area (Å²) in [7, 11) is 0. The highest BCUT2D eigenvalue weighted by molar-refractivity contribution is 6.31. The quantitative estimate of drug-likeness (QED) is 0.835. The lowest BCUT2D eigenvalue weighted by atomic mass is 10.1. The predicted octanol–water partition coefficient (Wildman–Crippen LogP) is 2.70. The summed E-state index contributed by atoms with van der Waals surface area (Å²) in [5.74, 6) is -0.617. The zero-order valence-electron chi connectivity index (χ0n) is 11.2. The molecule has 0 aromatic heterocycles. The van der Waals surface area contributed by atoms with Crippen LogP contribution in [0.5, 0.6) is 0 Å². The Morgan fingerprint density at radius 1 is 1.10 bits per heavy atom. The molecule has 0 aliphatic heterocycles. The fourth-order valence-corrected chi connectivity index (χ4v) is 2.08. The SMILES string of the molecule is O=C(Cc1ccccc1Cl)Nc1cccc(C(=O)CO)c1. The van der Waals surface area contributed by atoms with E-state index in [-0.39, 0.29) is 12.3 Å². The van der Waals surface area contributed by atoms with Crippen LogP contribution in [-0.4, -0.2) is 23.4 Å². The number of carbonyl (C=O) groups excluding carboxylic acids is 2. The van der Waals surface area contributed by atoms with Gasteiger partial charge in [-0.1, -0.05) is 41.9 Å². The van der Waals surface area contributed by atoms with E-state index in [0.29, 0.717) is 16.3 Å². The molecule has 0 fully saturated rings. The number of carbonyl (C=O) groups is 2. The first kappa shape index (κ1) is 15.2. The third kappa shape index (κ3) is 4.15. The highest BCUT2D eigenvalue weighted by Gasteiger charge is 2.09. The topological polar surface area (TPSA) is 66.4 Å². The van der Waals surface area contributed by atoms with Crippen LogP contribution in [0.15, 0.2) is 48.5 Å². The van der Waals surface area contributed by atoms with Crippen LogP contribution in [0.2, 0.25) is 5.02 Å². The second-order valence-corrected chi connectivity index (χ2v) is 4.89. The first-order valence-electron chi connectivity index (χ1n) is 6.37. The molecule has 0 bridgehead atoms. The van der Waals surface area contributed by atoms with Crippen molar-refractivity contribution in [3.63, 3.8) is 0 Å². The molecule has 108 valence electrons. The van der Waals surface area contributed by atoms with E-state index in [0.717, 1.165) is 5.56 Å². The van der Waals surface area contributed by atoms with Gasteiger partial charge < -0.3 is 10.4 Å². The zero-order chi connectivity index (χ0) is 15.2. The molecule has 0 aliphatic rings. The Balaban J connectivity index is 2.06. The van der Waals surface area contributed by atoms with Crippen LogP contribution in [-0.2, 0) is 11.2 Å². The minimum atomic E-state index is -0.559. The van der Waals surface area contributed by atoms with E-state index >= 15 is 0 Å². The molecular weight excluding hydrogens is 290 g/mol. The van der Waals surface area contributed by atoms with Crippen molar-refractivity contribution in [3.8, 4) is 0 Å².